The fourth-order valence-corrected chi connectivity index (χ4v) is 2.38. The quantitative estimate of drug-likeness (QED) is 0.126. The predicted octanol–water partition coefficient (Wildman–Crippen LogP) is -3.74. The average molecular weight is 432 g/mol. The number of aliphatic hydroxyl groups excluding tert-OH is 1. The maximum atomic E-state index is 12.5. The van der Waals surface area contributed by atoms with E-state index in [1.165, 1.54) is 13.8 Å². The van der Waals surface area contributed by atoms with Gasteiger partial charge in [-0.2, -0.15) is 0 Å². The van der Waals surface area contributed by atoms with Crippen LogP contribution in [0.4, 0.5) is 0 Å². The van der Waals surface area contributed by atoms with Crippen molar-refractivity contribution in [1.82, 2.24) is 16.0 Å². The number of carbonyl (C=O) groups is 5. The Morgan fingerprint density at radius 3 is 1.90 bits per heavy atom. The van der Waals surface area contributed by atoms with E-state index < -0.39 is 66.3 Å². The summed E-state index contributed by atoms with van der Waals surface area (Å²) in [5, 5.41) is 25.8. The van der Waals surface area contributed by atoms with Gasteiger partial charge in [0.2, 0.25) is 23.6 Å². The number of hydrogen-bond donors (Lipinski definition) is 8. The first-order valence-corrected chi connectivity index (χ1v) is 9.46. The second-order valence-corrected chi connectivity index (χ2v) is 6.93. The van der Waals surface area contributed by atoms with Crippen molar-refractivity contribution in [1.29, 1.82) is 0 Å². The maximum absolute atomic E-state index is 12.5. The Labute approximate surface area is 174 Å². The number of unbranched alkanes of at least 4 members (excludes halogenated alkanes) is 1. The highest BCUT2D eigenvalue weighted by atomic mass is 16.4. The summed E-state index contributed by atoms with van der Waals surface area (Å²) in [5.41, 5.74) is 15.9. The smallest absolute Gasteiger partial charge is 0.326 e. The first-order chi connectivity index (χ1) is 13.9. The van der Waals surface area contributed by atoms with Gasteiger partial charge in [-0.25, -0.2) is 4.79 Å². The summed E-state index contributed by atoms with van der Waals surface area (Å²) in [6.45, 7) is 2.93. The van der Waals surface area contributed by atoms with Gasteiger partial charge in [0, 0.05) is 0 Å². The predicted molar refractivity (Wildman–Crippen MR) is 105 cm³/mol. The molecule has 172 valence electrons. The number of carboxylic acids is 1. The van der Waals surface area contributed by atoms with Gasteiger partial charge in [-0.05, 0) is 39.7 Å². The highest BCUT2D eigenvalue weighted by molar-refractivity contribution is 5.96. The molecule has 0 heterocycles. The summed E-state index contributed by atoms with van der Waals surface area (Å²) in [5.74, 6) is -4.84. The van der Waals surface area contributed by atoms with Gasteiger partial charge in [0.15, 0.2) is 0 Å². The highest BCUT2D eigenvalue weighted by Crippen LogP contribution is 2.04. The molecule has 0 fully saturated rings. The molecule has 0 aliphatic heterocycles. The van der Waals surface area contributed by atoms with E-state index in [9.17, 15) is 34.2 Å². The van der Waals surface area contributed by atoms with Crippen molar-refractivity contribution in [2.75, 3.05) is 6.54 Å². The van der Waals surface area contributed by atoms with Crippen molar-refractivity contribution in [2.45, 2.75) is 69.8 Å². The molecule has 13 heteroatoms. The maximum Gasteiger partial charge on any atom is 0.326 e. The van der Waals surface area contributed by atoms with E-state index in [2.05, 4.69) is 16.0 Å². The lowest BCUT2D eigenvalue weighted by Crippen LogP contribution is -2.60. The van der Waals surface area contributed by atoms with Crippen LogP contribution in [0.5, 0.6) is 0 Å². The largest absolute Gasteiger partial charge is 0.480 e. The molecule has 0 spiro atoms. The van der Waals surface area contributed by atoms with E-state index in [1.807, 2.05) is 0 Å². The topological polar surface area (TPSA) is 240 Å². The number of primary amides is 1. The molecule has 5 atom stereocenters. The van der Waals surface area contributed by atoms with E-state index in [1.54, 1.807) is 0 Å². The molecule has 30 heavy (non-hydrogen) atoms. The number of hydrogen-bond acceptors (Lipinski definition) is 8. The van der Waals surface area contributed by atoms with Gasteiger partial charge < -0.3 is 43.4 Å². The van der Waals surface area contributed by atoms with Crippen molar-refractivity contribution < 1.29 is 34.2 Å². The molecule has 0 aliphatic rings. The molecule has 0 rings (SSSR count). The minimum Gasteiger partial charge on any atom is -0.480 e. The van der Waals surface area contributed by atoms with Crippen LogP contribution < -0.4 is 33.2 Å². The number of aliphatic hydroxyl groups is 1. The minimum atomic E-state index is -1.54. The van der Waals surface area contributed by atoms with E-state index >= 15 is 0 Å². The zero-order chi connectivity index (χ0) is 23.4. The van der Waals surface area contributed by atoms with Crippen LogP contribution in [0.15, 0.2) is 0 Å². The lowest BCUT2D eigenvalue weighted by molar-refractivity contribution is -0.143. The number of carbonyl (C=O) groups excluding carboxylic acids is 4. The Hall–Kier alpha value is -2.77. The van der Waals surface area contributed by atoms with Crippen LogP contribution in [0.25, 0.3) is 0 Å². The number of nitrogens with two attached hydrogens (primary N) is 3. The molecule has 11 N–H and O–H groups in total. The SMILES string of the molecule is CC(N)C(=O)NC(CC(N)=O)C(=O)NC(C(=O)NC(CCCCN)C(=O)O)C(C)O. The van der Waals surface area contributed by atoms with Crippen molar-refractivity contribution >= 4 is 29.6 Å². The second kappa shape index (κ2) is 13.5. The number of amides is 4. The highest BCUT2D eigenvalue weighted by Gasteiger charge is 2.32. The van der Waals surface area contributed by atoms with Gasteiger partial charge in [-0.3, -0.25) is 19.2 Å². The Kier molecular flexibility index (Phi) is 12.2. The molecule has 13 nitrogen and oxygen atoms in total. The summed E-state index contributed by atoms with van der Waals surface area (Å²) >= 11 is 0. The standard InChI is InChI=1S/C17H32N6O7/c1-8(19)14(26)22-11(7-12(20)25)15(27)23-13(9(2)24)16(28)21-10(17(29)30)5-3-4-6-18/h8-11,13,24H,3-7,18-19H2,1-2H3,(H2,20,25)(H,21,28)(H,22,26)(H,23,27)(H,29,30). The van der Waals surface area contributed by atoms with E-state index in [-0.39, 0.29) is 6.42 Å². The summed E-state index contributed by atoms with van der Waals surface area (Å²) in [4.78, 5) is 59.3. The molecule has 0 bridgehead atoms. The van der Waals surface area contributed by atoms with Gasteiger partial charge in [0.25, 0.3) is 0 Å². The number of aliphatic carboxylic acids is 1. The number of nitrogens with one attached hydrogen (secondary N) is 3. The average Bonchev–Trinajstić information content (AvgIpc) is 2.63. The second-order valence-electron chi connectivity index (χ2n) is 6.93. The molecule has 0 saturated carbocycles. The summed E-state index contributed by atoms with van der Waals surface area (Å²) in [6, 6.07) is -5.21. The van der Waals surface area contributed by atoms with E-state index in [0.717, 1.165) is 0 Å². The zero-order valence-electron chi connectivity index (χ0n) is 17.1. The summed E-state index contributed by atoms with van der Waals surface area (Å²) in [6.07, 6.45) is -0.873. The van der Waals surface area contributed by atoms with Gasteiger partial charge >= 0.3 is 5.97 Å². The monoisotopic (exact) mass is 432 g/mol. The molecule has 0 aromatic carbocycles. The van der Waals surface area contributed by atoms with Crippen LogP contribution in [-0.4, -0.2) is 76.6 Å². The van der Waals surface area contributed by atoms with Crippen molar-refractivity contribution in [2.24, 2.45) is 17.2 Å². The number of rotatable bonds is 14. The van der Waals surface area contributed by atoms with Crippen molar-refractivity contribution in [3.8, 4) is 0 Å². The van der Waals surface area contributed by atoms with Gasteiger partial charge in [-0.1, -0.05) is 0 Å². The fourth-order valence-electron chi connectivity index (χ4n) is 2.38. The van der Waals surface area contributed by atoms with Crippen LogP contribution in [0, 0.1) is 0 Å². The van der Waals surface area contributed by atoms with Crippen LogP contribution in [-0.2, 0) is 24.0 Å². The Morgan fingerprint density at radius 2 is 1.47 bits per heavy atom. The first-order valence-electron chi connectivity index (χ1n) is 9.46. The molecule has 0 radical (unpaired) electrons. The van der Waals surface area contributed by atoms with E-state index in [0.29, 0.717) is 19.4 Å². The molecule has 0 aliphatic carbocycles. The third kappa shape index (κ3) is 10.1. The Balaban J connectivity index is 5.29. The molecule has 0 aromatic rings. The summed E-state index contributed by atoms with van der Waals surface area (Å²) < 4.78 is 0. The van der Waals surface area contributed by atoms with Crippen LogP contribution in [0.3, 0.4) is 0 Å². The molecule has 0 saturated heterocycles. The normalized spacial score (nSPS) is 15.8. The third-order valence-corrected chi connectivity index (χ3v) is 4.08. The molecular weight excluding hydrogens is 400 g/mol. The lowest BCUT2D eigenvalue weighted by atomic mass is 10.1. The van der Waals surface area contributed by atoms with Crippen molar-refractivity contribution in [3.63, 3.8) is 0 Å². The van der Waals surface area contributed by atoms with Gasteiger partial charge in [-0.15, -0.1) is 0 Å². The van der Waals surface area contributed by atoms with Gasteiger partial charge in [0.1, 0.15) is 18.1 Å². The van der Waals surface area contributed by atoms with Crippen LogP contribution >= 0.6 is 0 Å². The Bertz CT molecular complexity index is 626. The fraction of sp³-hybridized carbons (Fsp3) is 0.706. The summed E-state index contributed by atoms with van der Waals surface area (Å²) in [7, 11) is 0. The number of carboxylic acid groups (broad SMARTS) is 1. The first kappa shape index (κ1) is 27.2. The van der Waals surface area contributed by atoms with Crippen LogP contribution in [0.2, 0.25) is 0 Å². The minimum absolute atomic E-state index is 0.105. The third-order valence-electron chi connectivity index (χ3n) is 4.08. The van der Waals surface area contributed by atoms with E-state index in [4.69, 9.17) is 17.2 Å². The van der Waals surface area contributed by atoms with Crippen LogP contribution in [0.1, 0.15) is 39.5 Å². The van der Waals surface area contributed by atoms with Gasteiger partial charge in [0.05, 0.1) is 18.6 Å². The molecule has 0 aromatic heterocycles. The lowest BCUT2D eigenvalue weighted by Gasteiger charge is -2.26. The molecule has 4 amide bonds. The molecule has 5 unspecified atom stereocenters. The Morgan fingerprint density at radius 1 is 0.900 bits per heavy atom. The van der Waals surface area contributed by atoms with Crippen molar-refractivity contribution in [3.05, 3.63) is 0 Å². The zero-order valence-corrected chi connectivity index (χ0v) is 17.1. The molecular formula is C17H32N6O7.